The number of carbonyl (C=O) groups is 2. The molecule has 1 aliphatic carbocycles. The van der Waals surface area contributed by atoms with Crippen molar-refractivity contribution in [2.45, 2.75) is 31.7 Å². The third-order valence-electron chi connectivity index (χ3n) is 6.84. The SMILES string of the molecule is O=C1C(=O)N(c2nc3ccc(F)cc3[nH]2)C(c2ccccc2)/C1=C(\O)c1ccc2c(c1)CCCC2. The molecule has 6 rings (SSSR count). The average molecular weight is 468 g/mol. The number of aliphatic hydroxyl groups excluding tert-OH is 1. The van der Waals surface area contributed by atoms with Gasteiger partial charge in [0, 0.05) is 5.56 Å². The maximum Gasteiger partial charge on any atom is 0.302 e. The minimum Gasteiger partial charge on any atom is -0.507 e. The Morgan fingerprint density at radius 1 is 0.971 bits per heavy atom. The summed E-state index contributed by atoms with van der Waals surface area (Å²) < 4.78 is 13.8. The van der Waals surface area contributed by atoms with Crippen LogP contribution in [-0.2, 0) is 22.4 Å². The average Bonchev–Trinajstić information content (AvgIpc) is 3.41. The fourth-order valence-corrected chi connectivity index (χ4v) is 5.12. The van der Waals surface area contributed by atoms with E-state index in [0.29, 0.717) is 22.2 Å². The van der Waals surface area contributed by atoms with E-state index in [1.54, 1.807) is 18.2 Å². The number of ketones is 1. The lowest BCUT2D eigenvalue weighted by atomic mass is 9.89. The highest BCUT2D eigenvalue weighted by Crippen LogP contribution is 2.42. The summed E-state index contributed by atoms with van der Waals surface area (Å²) >= 11 is 0. The number of aryl methyl sites for hydroxylation is 2. The Balaban J connectivity index is 1.53. The van der Waals surface area contributed by atoms with Gasteiger partial charge in [0.2, 0.25) is 5.95 Å². The maximum atomic E-state index is 13.8. The Morgan fingerprint density at radius 3 is 2.54 bits per heavy atom. The number of aliphatic hydroxyl groups is 1. The lowest BCUT2D eigenvalue weighted by molar-refractivity contribution is -0.132. The maximum absolute atomic E-state index is 13.8. The Kier molecular flexibility index (Phi) is 4.99. The van der Waals surface area contributed by atoms with Crippen LogP contribution < -0.4 is 4.90 Å². The van der Waals surface area contributed by atoms with Crippen LogP contribution in [0.4, 0.5) is 10.3 Å². The molecule has 0 spiro atoms. The topological polar surface area (TPSA) is 86.3 Å². The summed E-state index contributed by atoms with van der Waals surface area (Å²) in [5, 5.41) is 11.4. The van der Waals surface area contributed by atoms with Gasteiger partial charge in [-0.3, -0.25) is 14.5 Å². The number of fused-ring (bicyclic) bond motifs is 2. The number of benzene rings is 3. The van der Waals surface area contributed by atoms with Crippen molar-refractivity contribution < 1.29 is 19.1 Å². The molecule has 0 radical (unpaired) electrons. The molecular formula is C28H22FN3O3. The van der Waals surface area contributed by atoms with E-state index in [2.05, 4.69) is 9.97 Å². The highest BCUT2D eigenvalue weighted by molar-refractivity contribution is 6.51. The Morgan fingerprint density at radius 2 is 1.74 bits per heavy atom. The minimum absolute atomic E-state index is 0.00333. The number of imidazole rings is 1. The van der Waals surface area contributed by atoms with Crippen LogP contribution in [-0.4, -0.2) is 26.8 Å². The molecule has 6 nitrogen and oxygen atoms in total. The molecule has 1 saturated heterocycles. The van der Waals surface area contributed by atoms with E-state index in [1.807, 2.05) is 30.3 Å². The van der Waals surface area contributed by atoms with Gasteiger partial charge in [-0.15, -0.1) is 0 Å². The van der Waals surface area contributed by atoms with Crippen molar-refractivity contribution >= 4 is 34.4 Å². The second-order valence-corrected chi connectivity index (χ2v) is 8.99. The molecule has 2 aliphatic rings. The van der Waals surface area contributed by atoms with Crippen LogP contribution in [0.15, 0.2) is 72.3 Å². The Bertz CT molecular complexity index is 1520. The number of nitrogens with zero attached hydrogens (tertiary/aromatic N) is 2. The van der Waals surface area contributed by atoms with E-state index >= 15 is 0 Å². The van der Waals surface area contributed by atoms with Gasteiger partial charge in [-0.25, -0.2) is 9.37 Å². The molecule has 0 saturated carbocycles. The highest BCUT2D eigenvalue weighted by atomic mass is 19.1. The normalized spacial score (nSPS) is 19.3. The number of Topliss-reactive ketones (excluding diaryl/α,β-unsaturated/α-hetero) is 1. The second-order valence-electron chi connectivity index (χ2n) is 8.99. The number of rotatable bonds is 3. The number of anilines is 1. The van der Waals surface area contributed by atoms with Crippen molar-refractivity contribution in [3.05, 3.63) is 100 Å². The van der Waals surface area contributed by atoms with Crippen LogP contribution >= 0.6 is 0 Å². The van der Waals surface area contributed by atoms with Gasteiger partial charge in [-0.2, -0.15) is 0 Å². The van der Waals surface area contributed by atoms with Crippen molar-refractivity contribution in [2.75, 3.05) is 4.90 Å². The first-order valence-corrected chi connectivity index (χ1v) is 11.6. The zero-order valence-corrected chi connectivity index (χ0v) is 18.8. The predicted molar refractivity (Wildman–Crippen MR) is 130 cm³/mol. The molecule has 2 N–H and O–H groups in total. The summed E-state index contributed by atoms with van der Waals surface area (Å²) in [5.41, 5.74) is 4.44. The van der Waals surface area contributed by atoms with E-state index in [0.717, 1.165) is 31.2 Å². The van der Waals surface area contributed by atoms with E-state index in [4.69, 9.17) is 0 Å². The summed E-state index contributed by atoms with van der Waals surface area (Å²) in [6.45, 7) is 0. The van der Waals surface area contributed by atoms with E-state index < -0.39 is 23.5 Å². The Labute approximate surface area is 200 Å². The number of halogens is 1. The van der Waals surface area contributed by atoms with Crippen molar-refractivity contribution in [2.24, 2.45) is 0 Å². The molecule has 1 unspecified atom stereocenters. The van der Waals surface area contributed by atoms with Gasteiger partial charge in [0.25, 0.3) is 5.78 Å². The van der Waals surface area contributed by atoms with Crippen LogP contribution in [0.2, 0.25) is 0 Å². The van der Waals surface area contributed by atoms with E-state index in [-0.39, 0.29) is 17.3 Å². The minimum atomic E-state index is -0.891. The van der Waals surface area contributed by atoms with Gasteiger partial charge in [-0.05, 0) is 66.6 Å². The highest BCUT2D eigenvalue weighted by Gasteiger charge is 2.48. The number of aromatic nitrogens is 2. The van der Waals surface area contributed by atoms with Crippen LogP contribution in [0, 0.1) is 5.82 Å². The lowest BCUT2D eigenvalue weighted by Gasteiger charge is -2.23. The standard InChI is InChI=1S/C28H22FN3O3/c29-20-12-13-21-22(15-20)31-28(30-21)32-24(17-7-2-1-3-8-17)23(26(34)27(32)35)25(33)19-11-10-16-6-4-5-9-18(16)14-19/h1-3,7-8,10-15,24,33H,4-6,9H2,(H,30,31)/b25-23+. The zero-order valence-electron chi connectivity index (χ0n) is 18.8. The van der Waals surface area contributed by atoms with Gasteiger partial charge >= 0.3 is 5.91 Å². The molecule has 2 heterocycles. The number of amides is 1. The lowest BCUT2D eigenvalue weighted by Crippen LogP contribution is -2.30. The fourth-order valence-electron chi connectivity index (χ4n) is 5.12. The smallest absolute Gasteiger partial charge is 0.302 e. The van der Waals surface area contributed by atoms with Crippen LogP contribution in [0.3, 0.4) is 0 Å². The first-order chi connectivity index (χ1) is 17.0. The molecule has 174 valence electrons. The first kappa shape index (κ1) is 21.3. The monoisotopic (exact) mass is 467 g/mol. The fraction of sp³-hybridized carbons (Fsp3) is 0.179. The number of carbonyl (C=O) groups excluding carboxylic acids is 2. The molecule has 7 heteroatoms. The Hall–Kier alpha value is -4.26. The number of H-pyrrole nitrogens is 1. The van der Waals surface area contributed by atoms with Crippen LogP contribution in [0.1, 0.15) is 41.1 Å². The van der Waals surface area contributed by atoms with Gasteiger partial charge in [0.05, 0.1) is 22.6 Å². The molecule has 0 bridgehead atoms. The zero-order chi connectivity index (χ0) is 24.1. The van der Waals surface area contributed by atoms with Gasteiger partial charge in [0.15, 0.2) is 0 Å². The summed E-state index contributed by atoms with van der Waals surface area (Å²) in [5.74, 6) is -2.14. The summed E-state index contributed by atoms with van der Waals surface area (Å²) in [6.07, 6.45) is 4.14. The van der Waals surface area contributed by atoms with Crippen molar-refractivity contribution in [1.82, 2.24) is 9.97 Å². The van der Waals surface area contributed by atoms with E-state index in [9.17, 15) is 19.1 Å². The molecule has 4 aromatic rings. The number of hydrogen-bond acceptors (Lipinski definition) is 4. The molecular weight excluding hydrogens is 445 g/mol. The quantitative estimate of drug-likeness (QED) is 0.246. The van der Waals surface area contributed by atoms with Gasteiger partial charge in [0.1, 0.15) is 11.6 Å². The van der Waals surface area contributed by atoms with Crippen molar-refractivity contribution in [1.29, 1.82) is 0 Å². The summed E-state index contributed by atoms with van der Waals surface area (Å²) in [6, 6.07) is 17.9. The molecule has 35 heavy (non-hydrogen) atoms. The largest absolute Gasteiger partial charge is 0.507 e. The first-order valence-electron chi connectivity index (χ1n) is 11.6. The molecule has 1 amide bonds. The molecule has 3 aromatic carbocycles. The molecule has 1 aromatic heterocycles. The third kappa shape index (κ3) is 3.51. The van der Waals surface area contributed by atoms with Crippen molar-refractivity contribution in [3.63, 3.8) is 0 Å². The van der Waals surface area contributed by atoms with Crippen LogP contribution in [0.5, 0.6) is 0 Å². The van der Waals surface area contributed by atoms with Gasteiger partial charge < -0.3 is 10.1 Å². The second kappa shape index (κ2) is 8.20. The molecule has 1 atom stereocenters. The third-order valence-corrected chi connectivity index (χ3v) is 6.84. The molecule has 1 aliphatic heterocycles. The number of nitrogens with one attached hydrogen (secondary N) is 1. The number of hydrogen-bond donors (Lipinski definition) is 2. The van der Waals surface area contributed by atoms with E-state index in [1.165, 1.54) is 28.7 Å². The van der Waals surface area contributed by atoms with Crippen molar-refractivity contribution in [3.8, 4) is 0 Å². The summed E-state index contributed by atoms with van der Waals surface area (Å²) in [7, 11) is 0. The summed E-state index contributed by atoms with van der Waals surface area (Å²) in [4.78, 5) is 35.3. The van der Waals surface area contributed by atoms with Gasteiger partial charge in [-0.1, -0.05) is 42.5 Å². The molecule has 1 fully saturated rings. The van der Waals surface area contributed by atoms with Crippen LogP contribution in [0.25, 0.3) is 16.8 Å². The predicted octanol–water partition coefficient (Wildman–Crippen LogP) is 5.21. The number of aromatic amines is 1.